The number of rotatable bonds is 7. The lowest BCUT2D eigenvalue weighted by molar-refractivity contribution is -0.115. The first-order valence-electron chi connectivity index (χ1n) is 7.06. The van der Waals surface area contributed by atoms with Crippen LogP contribution < -0.4 is 15.4 Å². The van der Waals surface area contributed by atoms with Crippen LogP contribution in [0.1, 0.15) is 11.7 Å². The molecule has 116 valence electrons. The zero-order chi connectivity index (χ0) is 15.8. The number of hydrogen-bond donors (Lipinski definition) is 3. The highest BCUT2D eigenvalue weighted by molar-refractivity contribution is 5.92. The summed E-state index contributed by atoms with van der Waals surface area (Å²) in [6.07, 6.45) is -0.634. The molecule has 2 aromatic rings. The van der Waals surface area contributed by atoms with Gasteiger partial charge in [0.2, 0.25) is 5.91 Å². The van der Waals surface area contributed by atoms with Gasteiger partial charge in [-0.3, -0.25) is 4.79 Å². The number of aliphatic hydroxyl groups is 1. The zero-order valence-corrected chi connectivity index (χ0v) is 12.5. The molecule has 1 atom stereocenters. The second kappa shape index (κ2) is 8.17. The molecule has 0 bridgehead atoms. The van der Waals surface area contributed by atoms with E-state index >= 15 is 0 Å². The number of methoxy groups -OCH3 is 1. The Kier molecular flexibility index (Phi) is 5.94. The van der Waals surface area contributed by atoms with E-state index in [2.05, 4.69) is 10.6 Å². The minimum absolute atomic E-state index is 0.126. The van der Waals surface area contributed by atoms with Gasteiger partial charge in [0.15, 0.2) is 0 Å². The van der Waals surface area contributed by atoms with Crippen LogP contribution in [0.4, 0.5) is 5.69 Å². The maximum absolute atomic E-state index is 11.8. The summed E-state index contributed by atoms with van der Waals surface area (Å²) in [7, 11) is 1.58. The summed E-state index contributed by atoms with van der Waals surface area (Å²) in [4.78, 5) is 11.8. The minimum atomic E-state index is -0.634. The molecular weight excluding hydrogens is 280 g/mol. The van der Waals surface area contributed by atoms with Gasteiger partial charge >= 0.3 is 0 Å². The molecule has 0 heterocycles. The molecule has 0 saturated carbocycles. The van der Waals surface area contributed by atoms with Crippen molar-refractivity contribution in [3.05, 3.63) is 60.2 Å². The highest BCUT2D eigenvalue weighted by atomic mass is 16.5. The van der Waals surface area contributed by atoms with Gasteiger partial charge in [-0.1, -0.05) is 36.4 Å². The molecule has 5 heteroatoms. The Morgan fingerprint density at radius 1 is 1.18 bits per heavy atom. The Morgan fingerprint density at radius 2 is 1.95 bits per heavy atom. The Balaban J connectivity index is 1.76. The number of nitrogens with one attached hydrogen (secondary N) is 2. The van der Waals surface area contributed by atoms with Crippen molar-refractivity contribution in [3.63, 3.8) is 0 Å². The fourth-order valence-electron chi connectivity index (χ4n) is 2.02. The molecule has 1 amide bonds. The summed E-state index contributed by atoms with van der Waals surface area (Å²) < 4.78 is 5.10. The van der Waals surface area contributed by atoms with Crippen molar-refractivity contribution in [2.75, 3.05) is 25.5 Å². The predicted molar refractivity (Wildman–Crippen MR) is 85.9 cm³/mol. The number of benzene rings is 2. The third-order valence-corrected chi connectivity index (χ3v) is 3.16. The van der Waals surface area contributed by atoms with Crippen LogP contribution >= 0.6 is 0 Å². The van der Waals surface area contributed by atoms with E-state index in [1.54, 1.807) is 25.3 Å². The van der Waals surface area contributed by atoms with Gasteiger partial charge in [-0.05, 0) is 17.7 Å². The summed E-state index contributed by atoms with van der Waals surface area (Å²) in [6, 6.07) is 16.5. The molecule has 0 spiro atoms. The van der Waals surface area contributed by atoms with E-state index in [4.69, 9.17) is 4.74 Å². The van der Waals surface area contributed by atoms with Crippen molar-refractivity contribution in [2.45, 2.75) is 6.10 Å². The van der Waals surface area contributed by atoms with Crippen molar-refractivity contribution in [3.8, 4) is 5.75 Å². The molecule has 0 aliphatic rings. The van der Waals surface area contributed by atoms with Gasteiger partial charge in [0.1, 0.15) is 5.75 Å². The monoisotopic (exact) mass is 300 g/mol. The second-order valence-corrected chi connectivity index (χ2v) is 4.84. The van der Waals surface area contributed by atoms with Crippen LogP contribution in [0.15, 0.2) is 54.6 Å². The van der Waals surface area contributed by atoms with Gasteiger partial charge in [0, 0.05) is 18.3 Å². The molecule has 22 heavy (non-hydrogen) atoms. The normalized spacial score (nSPS) is 11.7. The molecule has 2 aromatic carbocycles. The SMILES string of the molecule is COc1cccc(NC(=O)CNCC(O)c2ccccc2)c1. The largest absolute Gasteiger partial charge is 0.497 e. The van der Waals surface area contributed by atoms with E-state index in [-0.39, 0.29) is 12.5 Å². The first kappa shape index (κ1) is 16.0. The molecule has 0 fully saturated rings. The van der Waals surface area contributed by atoms with Crippen molar-refractivity contribution in [2.24, 2.45) is 0 Å². The van der Waals surface area contributed by atoms with Gasteiger partial charge in [-0.25, -0.2) is 0 Å². The van der Waals surface area contributed by atoms with Crippen LogP contribution in [0.5, 0.6) is 5.75 Å². The number of carbonyl (C=O) groups is 1. The van der Waals surface area contributed by atoms with E-state index in [9.17, 15) is 9.90 Å². The van der Waals surface area contributed by atoms with Crippen LogP contribution in [0.3, 0.4) is 0 Å². The fourth-order valence-corrected chi connectivity index (χ4v) is 2.02. The molecule has 1 unspecified atom stereocenters. The Labute approximate surface area is 129 Å². The molecule has 0 saturated heterocycles. The zero-order valence-electron chi connectivity index (χ0n) is 12.5. The van der Waals surface area contributed by atoms with Crippen LogP contribution in [-0.4, -0.2) is 31.2 Å². The lowest BCUT2D eigenvalue weighted by Gasteiger charge is -2.12. The van der Waals surface area contributed by atoms with Gasteiger partial charge in [-0.15, -0.1) is 0 Å². The van der Waals surface area contributed by atoms with Crippen molar-refractivity contribution in [1.82, 2.24) is 5.32 Å². The Morgan fingerprint density at radius 3 is 2.68 bits per heavy atom. The number of ether oxygens (including phenoxy) is 1. The van der Waals surface area contributed by atoms with Crippen molar-refractivity contribution in [1.29, 1.82) is 0 Å². The van der Waals surface area contributed by atoms with Gasteiger partial charge in [0.25, 0.3) is 0 Å². The predicted octanol–water partition coefficient (Wildman–Crippen LogP) is 1.96. The molecule has 0 aliphatic carbocycles. The quantitative estimate of drug-likeness (QED) is 0.731. The van der Waals surface area contributed by atoms with Crippen LogP contribution in [-0.2, 0) is 4.79 Å². The molecule has 5 nitrogen and oxygen atoms in total. The Hall–Kier alpha value is -2.37. The third-order valence-electron chi connectivity index (χ3n) is 3.16. The average molecular weight is 300 g/mol. The molecule has 3 N–H and O–H groups in total. The maximum atomic E-state index is 11.8. The smallest absolute Gasteiger partial charge is 0.238 e. The summed E-state index contributed by atoms with van der Waals surface area (Å²) in [6.45, 7) is 0.441. The van der Waals surface area contributed by atoms with Crippen LogP contribution in [0.25, 0.3) is 0 Å². The summed E-state index contributed by atoms with van der Waals surface area (Å²) >= 11 is 0. The van der Waals surface area contributed by atoms with Crippen LogP contribution in [0, 0.1) is 0 Å². The van der Waals surface area contributed by atoms with Crippen LogP contribution in [0.2, 0.25) is 0 Å². The maximum Gasteiger partial charge on any atom is 0.238 e. The molecule has 0 radical (unpaired) electrons. The molecule has 0 aliphatic heterocycles. The summed E-state index contributed by atoms with van der Waals surface area (Å²) in [5.41, 5.74) is 1.50. The van der Waals surface area contributed by atoms with E-state index in [1.807, 2.05) is 36.4 Å². The lowest BCUT2D eigenvalue weighted by atomic mass is 10.1. The van der Waals surface area contributed by atoms with Crippen molar-refractivity contribution >= 4 is 11.6 Å². The van der Waals surface area contributed by atoms with E-state index < -0.39 is 6.10 Å². The Bertz CT molecular complexity index is 602. The van der Waals surface area contributed by atoms with Crippen molar-refractivity contribution < 1.29 is 14.6 Å². The lowest BCUT2D eigenvalue weighted by Crippen LogP contribution is -2.31. The fraction of sp³-hybridized carbons (Fsp3) is 0.235. The van der Waals surface area contributed by atoms with E-state index in [0.29, 0.717) is 18.0 Å². The number of aliphatic hydroxyl groups excluding tert-OH is 1. The molecule has 2 rings (SSSR count). The number of anilines is 1. The third kappa shape index (κ3) is 4.87. The second-order valence-electron chi connectivity index (χ2n) is 4.84. The number of carbonyl (C=O) groups excluding carboxylic acids is 1. The van der Waals surface area contributed by atoms with E-state index in [1.165, 1.54) is 0 Å². The first-order valence-corrected chi connectivity index (χ1v) is 7.06. The van der Waals surface area contributed by atoms with E-state index in [0.717, 1.165) is 5.56 Å². The molecule has 0 aromatic heterocycles. The van der Waals surface area contributed by atoms with Gasteiger partial charge in [-0.2, -0.15) is 0 Å². The minimum Gasteiger partial charge on any atom is -0.497 e. The summed E-state index contributed by atoms with van der Waals surface area (Å²) in [5, 5.41) is 15.7. The van der Waals surface area contributed by atoms with Gasteiger partial charge in [0.05, 0.1) is 19.8 Å². The molecular formula is C17H20N2O3. The number of amides is 1. The highest BCUT2D eigenvalue weighted by Crippen LogP contribution is 2.16. The standard InChI is InChI=1S/C17H20N2O3/c1-22-15-9-5-8-14(10-15)19-17(21)12-18-11-16(20)13-6-3-2-4-7-13/h2-10,16,18,20H,11-12H2,1H3,(H,19,21). The first-order chi connectivity index (χ1) is 10.7. The average Bonchev–Trinajstić information content (AvgIpc) is 2.55. The van der Waals surface area contributed by atoms with Gasteiger partial charge < -0.3 is 20.5 Å². The summed E-state index contributed by atoms with van der Waals surface area (Å²) in [5.74, 6) is 0.513. The highest BCUT2D eigenvalue weighted by Gasteiger charge is 2.08. The number of hydrogen-bond acceptors (Lipinski definition) is 4. The topological polar surface area (TPSA) is 70.6 Å².